The Labute approximate surface area is 46.6 Å². The zero-order valence-electron chi connectivity index (χ0n) is 1.82. The highest BCUT2D eigenvalue weighted by atomic mass is 79.9. The van der Waals surface area contributed by atoms with Crippen molar-refractivity contribution in [2.24, 2.45) is 0 Å². The van der Waals surface area contributed by atoms with E-state index in [0.29, 0.717) is 0 Å². The Hall–Kier alpha value is 0.977. The van der Waals surface area contributed by atoms with Crippen molar-refractivity contribution in [1.29, 1.82) is 0 Å². The highest BCUT2D eigenvalue weighted by Gasteiger charge is 0.0000178. The highest BCUT2D eigenvalue weighted by Crippen LogP contribution is 0.846. The monoisotopic (exact) mass is 162 g/mol. The van der Waals surface area contributed by atoms with Gasteiger partial charge in [-0.3, -0.25) is 4.70 Å². The maximum atomic E-state index is 0. The fraction of sp³-hybridized carbons (Fsp3) is 0. The number of rotatable bonds is 0. The van der Waals surface area contributed by atoms with E-state index < -0.39 is 0 Å². The summed E-state index contributed by atoms with van der Waals surface area (Å²) in [6.07, 6.45) is 0. The van der Waals surface area contributed by atoms with Crippen LogP contribution >= 0.6 is 30.5 Å². The summed E-state index contributed by atoms with van der Waals surface area (Å²) in [5.41, 5.74) is 0. The van der Waals surface area contributed by atoms with Crippen molar-refractivity contribution >= 4 is 41.4 Å². The molecule has 0 saturated carbocycles. The molecule has 28 valence electrons. The van der Waals surface area contributed by atoms with Gasteiger partial charge in [-0.05, 0) is 0 Å². The average Bonchev–Trinajstić information content (AvgIpc) is 0. The molecule has 0 rings (SSSR count). The quantitative estimate of drug-likeness (QED) is 0.455. The van der Waals surface area contributed by atoms with Gasteiger partial charge in [0.1, 0.15) is 0 Å². The molecule has 0 unspecified atom stereocenters. The molecule has 0 atom stereocenters. The van der Waals surface area contributed by atoms with E-state index in [-0.39, 0.29) is 46.1 Å². The molecule has 4 radical (unpaired) electrons. The summed E-state index contributed by atoms with van der Waals surface area (Å²) in [4.78, 5) is 0. The summed E-state index contributed by atoms with van der Waals surface area (Å²) in [5, 5.41) is 0. The van der Waals surface area contributed by atoms with Gasteiger partial charge in [0.25, 0.3) is 0 Å². The Morgan fingerprint density at radius 2 is 1.00 bits per heavy atom. The summed E-state index contributed by atoms with van der Waals surface area (Å²) < 4.78 is 0. The van der Waals surface area contributed by atoms with Crippen LogP contribution in [-0.2, 0) is 0 Å². The van der Waals surface area contributed by atoms with E-state index >= 15 is 0 Å². The second kappa shape index (κ2) is 36.9. The standard InChI is InChI=1S/BrH.FH.H2S.Si/h2*1H;1H2;. The second-order valence-electron chi connectivity index (χ2n) is 0. The van der Waals surface area contributed by atoms with Crippen LogP contribution in [-0.4, -0.2) is 11.0 Å². The average molecular weight is 163 g/mol. The van der Waals surface area contributed by atoms with Crippen molar-refractivity contribution < 1.29 is 4.70 Å². The van der Waals surface area contributed by atoms with Gasteiger partial charge >= 0.3 is 0 Å². The van der Waals surface area contributed by atoms with Gasteiger partial charge in [-0.1, -0.05) is 0 Å². The molecule has 0 fully saturated rings. The van der Waals surface area contributed by atoms with Gasteiger partial charge in [0.2, 0.25) is 0 Å². The Bertz CT molecular complexity index is 8.00. The van der Waals surface area contributed by atoms with Crippen molar-refractivity contribution in [1.82, 2.24) is 0 Å². The highest BCUT2D eigenvalue weighted by molar-refractivity contribution is 8.93. The minimum Gasteiger partial charge on any atom is -0.269 e. The first-order chi connectivity index (χ1) is 0. The van der Waals surface area contributed by atoms with Crippen LogP contribution in [0.15, 0.2) is 0 Å². The maximum Gasteiger partial charge on any atom is 0 e. The molecule has 0 bridgehead atoms. The largest absolute Gasteiger partial charge is 0.269 e. The number of hydrogen-bond donors (Lipinski definition) is 0. The van der Waals surface area contributed by atoms with E-state index in [1.807, 2.05) is 0 Å². The fourth-order valence-electron chi connectivity index (χ4n) is 0. The van der Waals surface area contributed by atoms with Crippen LogP contribution in [0.4, 0.5) is 4.70 Å². The van der Waals surface area contributed by atoms with Gasteiger partial charge in [0.05, 0.1) is 0 Å². The van der Waals surface area contributed by atoms with Gasteiger partial charge in [0.15, 0.2) is 0 Å². The van der Waals surface area contributed by atoms with Crippen LogP contribution in [0.5, 0.6) is 0 Å². The van der Waals surface area contributed by atoms with Crippen LogP contribution in [0.1, 0.15) is 0 Å². The summed E-state index contributed by atoms with van der Waals surface area (Å²) in [7, 11) is 0. The van der Waals surface area contributed by atoms with Crippen molar-refractivity contribution in [2.45, 2.75) is 0 Å². The van der Waals surface area contributed by atoms with E-state index in [4.69, 9.17) is 0 Å². The molecular weight excluding hydrogens is 159 g/mol. The molecule has 0 heterocycles. The predicted octanol–water partition coefficient (Wildman–Crippen LogP) is 0.462. The van der Waals surface area contributed by atoms with Crippen LogP contribution in [0.2, 0.25) is 0 Å². The molecule has 0 aliphatic carbocycles. The lowest BCUT2D eigenvalue weighted by Crippen LogP contribution is -0.381. The molecule has 0 N–H and O–H groups in total. The lowest BCUT2D eigenvalue weighted by molar-refractivity contribution is 1.11. The van der Waals surface area contributed by atoms with E-state index in [9.17, 15) is 0 Å². The molecular formula is H4BrFSSi. The number of hydrogen-bond acceptors (Lipinski definition) is 0. The first kappa shape index (κ1) is 82.5. The van der Waals surface area contributed by atoms with Crippen molar-refractivity contribution in [3.63, 3.8) is 0 Å². The van der Waals surface area contributed by atoms with Gasteiger partial charge in [0, 0.05) is 11.0 Å². The summed E-state index contributed by atoms with van der Waals surface area (Å²) in [6, 6.07) is 0. The summed E-state index contributed by atoms with van der Waals surface area (Å²) in [5.74, 6) is 0. The first-order valence-corrected chi connectivity index (χ1v) is 0. The normalized spacial score (nSPS) is 0. The molecule has 0 aliphatic rings. The topological polar surface area (TPSA) is 0 Å². The van der Waals surface area contributed by atoms with Gasteiger partial charge in [-0.25, -0.2) is 0 Å². The maximum absolute atomic E-state index is 0. The third kappa shape index (κ3) is 12.2. The Morgan fingerprint density at radius 1 is 1.00 bits per heavy atom. The van der Waals surface area contributed by atoms with Gasteiger partial charge in [-0.2, -0.15) is 13.5 Å². The van der Waals surface area contributed by atoms with Crippen LogP contribution in [0.25, 0.3) is 0 Å². The number of halogens is 2. The summed E-state index contributed by atoms with van der Waals surface area (Å²) in [6.45, 7) is 0. The minimum absolute atomic E-state index is 0. The fourth-order valence-corrected chi connectivity index (χ4v) is 0. The molecule has 0 aromatic carbocycles. The SMILES string of the molecule is Br.F.S.[Si]. The van der Waals surface area contributed by atoms with E-state index in [1.54, 1.807) is 0 Å². The van der Waals surface area contributed by atoms with Gasteiger partial charge in [-0.15, -0.1) is 17.0 Å². The predicted molar refractivity (Wildman–Crippen MR) is 29.0 cm³/mol. The molecule has 0 aromatic rings. The molecule has 0 spiro atoms. The molecule has 0 amide bonds. The Balaban J connectivity index is 0. The molecule has 0 nitrogen and oxygen atoms in total. The molecule has 4 heteroatoms. The second-order valence-corrected chi connectivity index (χ2v) is 0. The van der Waals surface area contributed by atoms with Crippen LogP contribution < -0.4 is 0 Å². The Morgan fingerprint density at radius 3 is 1.00 bits per heavy atom. The van der Waals surface area contributed by atoms with E-state index in [0.717, 1.165) is 0 Å². The lowest BCUT2D eigenvalue weighted by atomic mass is 19.0. The van der Waals surface area contributed by atoms with E-state index in [1.165, 1.54) is 0 Å². The van der Waals surface area contributed by atoms with E-state index in [2.05, 4.69) is 0 Å². The van der Waals surface area contributed by atoms with Crippen LogP contribution in [0.3, 0.4) is 0 Å². The molecule has 4 heavy (non-hydrogen) atoms. The molecule has 0 aromatic heterocycles. The molecule has 0 aliphatic heterocycles. The Kier molecular flexibility index (Phi) is 762. The zero-order valence-corrected chi connectivity index (χ0v) is 5.53. The lowest BCUT2D eigenvalue weighted by Gasteiger charge is -0.269. The minimum atomic E-state index is 0. The van der Waals surface area contributed by atoms with Crippen LogP contribution in [0, 0.1) is 0 Å². The summed E-state index contributed by atoms with van der Waals surface area (Å²) >= 11 is 0. The van der Waals surface area contributed by atoms with Gasteiger partial charge < -0.3 is 0 Å². The third-order valence-electron chi connectivity index (χ3n) is 0. The van der Waals surface area contributed by atoms with Crippen molar-refractivity contribution in [3.05, 3.63) is 0 Å². The first-order valence-electron chi connectivity index (χ1n) is 0. The van der Waals surface area contributed by atoms with Crippen molar-refractivity contribution in [3.8, 4) is 0 Å². The smallest absolute Gasteiger partial charge is 0 e. The third-order valence-corrected chi connectivity index (χ3v) is 0. The molecule has 0 saturated heterocycles. The zero-order chi connectivity index (χ0) is 0. The van der Waals surface area contributed by atoms with Crippen molar-refractivity contribution in [2.75, 3.05) is 0 Å².